The number of anilines is 1. The molecule has 0 bridgehead atoms. The van der Waals surface area contributed by atoms with Crippen LogP contribution in [0.25, 0.3) is 0 Å². The van der Waals surface area contributed by atoms with E-state index in [2.05, 4.69) is 46.9 Å². The number of nitrogens with zero attached hydrogens (tertiary/aromatic N) is 2. The highest BCUT2D eigenvalue weighted by Crippen LogP contribution is 2.29. The number of benzene rings is 1. The lowest BCUT2D eigenvalue weighted by Crippen LogP contribution is -2.27. The predicted octanol–water partition coefficient (Wildman–Crippen LogP) is 4.94. The molecule has 31 heavy (non-hydrogen) atoms. The second kappa shape index (κ2) is 9.54. The Bertz CT molecular complexity index is 933. The van der Waals surface area contributed by atoms with Crippen LogP contribution >= 0.6 is 0 Å². The number of hydrogen-bond donors (Lipinski definition) is 1. The maximum Gasteiger partial charge on any atom is 0.225 e. The molecule has 0 fully saturated rings. The van der Waals surface area contributed by atoms with E-state index in [1.54, 1.807) is 18.2 Å². The van der Waals surface area contributed by atoms with E-state index >= 15 is 0 Å². The maximum absolute atomic E-state index is 12.5. The fourth-order valence-electron chi connectivity index (χ4n) is 2.97. The molecule has 2 aromatic rings. The third-order valence-corrected chi connectivity index (χ3v) is 4.76. The Hall–Kier alpha value is -2.83. The van der Waals surface area contributed by atoms with Gasteiger partial charge in [-0.05, 0) is 52.3 Å². The Morgan fingerprint density at radius 3 is 2.29 bits per heavy atom. The van der Waals surface area contributed by atoms with Crippen molar-refractivity contribution in [1.82, 2.24) is 9.78 Å². The molecule has 0 aliphatic heterocycles. The lowest BCUT2D eigenvalue weighted by Gasteiger charge is -2.23. The second-order valence-corrected chi connectivity index (χ2v) is 9.67. The van der Waals surface area contributed by atoms with E-state index in [1.807, 2.05) is 10.7 Å². The Balaban J connectivity index is 1.96. The molecule has 170 valence electrons. The SMILES string of the molecule is COc1cc(C(C)=O)ccc1OCCCC(=O)Nc1cc(C(C)(C)C)nn1C(C)(C)C. The number of carbonyl (C=O) groups excluding carboxylic acids is 2. The van der Waals surface area contributed by atoms with Gasteiger partial charge in [0.25, 0.3) is 0 Å². The molecule has 0 saturated carbocycles. The standard InChI is InChI=1S/C24H35N3O4/c1-16(28)17-11-12-18(19(14-17)30-8)31-13-9-10-22(29)25-21-15-20(23(2,3)4)26-27(21)24(5,6)7/h11-12,14-15H,9-10,13H2,1-8H3,(H,25,29). The molecule has 1 N–H and O–H groups in total. The third kappa shape index (κ3) is 6.57. The number of amides is 1. The van der Waals surface area contributed by atoms with Gasteiger partial charge in [0.05, 0.1) is 24.9 Å². The zero-order chi connectivity index (χ0) is 23.4. The van der Waals surface area contributed by atoms with E-state index in [1.165, 1.54) is 14.0 Å². The van der Waals surface area contributed by atoms with Crippen LogP contribution in [0.4, 0.5) is 5.82 Å². The Morgan fingerprint density at radius 1 is 1.06 bits per heavy atom. The summed E-state index contributed by atoms with van der Waals surface area (Å²) in [5.41, 5.74) is 1.13. The van der Waals surface area contributed by atoms with Crippen LogP contribution in [0.15, 0.2) is 24.3 Å². The highest BCUT2D eigenvalue weighted by atomic mass is 16.5. The number of ketones is 1. The largest absolute Gasteiger partial charge is 0.493 e. The minimum absolute atomic E-state index is 0.0364. The van der Waals surface area contributed by atoms with Crippen LogP contribution in [0.2, 0.25) is 0 Å². The molecule has 7 heteroatoms. The summed E-state index contributed by atoms with van der Waals surface area (Å²) in [6.07, 6.45) is 0.854. The predicted molar refractivity (Wildman–Crippen MR) is 122 cm³/mol. The Morgan fingerprint density at radius 2 is 1.74 bits per heavy atom. The highest BCUT2D eigenvalue weighted by Gasteiger charge is 2.25. The van der Waals surface area contributed by atoms with Crippen molar-refractivity contribution in [2.24, 2.45) is 0 Å². The van der Waals surface area contributed by atoms with Gasteiger partial charge in [0.1, 0.15) is 5.82 Å². The number of hydrogen-bond acceptors (Lipinski definition) is 5. The first kappa shape index (κ1) is 24.4. The topological polar surface area (TPSA) is 82.4 Å². The average molecular weight is 430 g/mol. The van der Waals surface area contributed by atoms with Crippen LogP contribution < -0.4 is 14.8 Å². The molecule has 0 unspecified atom stereocenters. The zero-order valence-corrected chi connectivity index (χ0v) is 20.0. The lowest BCUT2D eigenvalue weighted by atomic mass is 9.92. The summed E-state index contributed by atoms with van der Waals surface area (Å²) >= 11 is 0. The molecule has 2 rings (SSSR count). The summed E-state index contributed by atoms with van der Waals surface area (Å²) < 4.78 is 12.9. The highest BCUT2D eigenvalue weighted by molar-refractivity contribution is 5.94. The summed E-state index contributed by atoms with van der Waals surface area (Å²) in [6.45, 7) is 14.3. The molecule has 1 aromatic heterocycles. The Kier molecular flexibility index (Phi) is 7.52. The van der Waals surface area contributed by atoms with Gasteiger partial charge in [-0.3, -0.25) is 9.59 Å². The van der Waals surface area contributed by atoms with Gasteiger partial charge < -0.3 is 14.8 Å². The van der Waals surface area contributed by atoms with Gasteiger partial charge in [0, 0.05) is 23.5 Å². The van der Waals surface area contributed by atoms with E-state index in [4.69, 9.17) is 14.6 Å². The first-order valence-electron chi connectivity index (χ1n) is 10.6. The normalized spacial score (nSPS) is 11.9. The molecule has 1 aromatic carbocycles. The molecule has 1 heterocycles. The van der Waals surface area contributed by atoms with Gasteiger partial charge in [0.15, 0.2) is 17.3 Å². The minimum Gasteiger partial charge on any atom is -0.493 e. The summed E-state index contributed by atoms with van der Waals surface area (Å²) in [5.74, 6) is 1.62. The number of nitrogens with one attached hydrogen (secondary N) is 1. The van der Waals surface area contributed by atoms with Crippen molar-refractivity contribution in [3.63, 3.8) is 0 Å². The summed E-state index contributed by atoms with van der Waals surface area (Å²) in [5, 5.41) is 7.71. The van der Waals surface area contributed by atoms with Gasteiger partial charge in [0.2, 0.25) is 5.91 Å². The fourth-order valence-corrected chi connectivity index (χ4v) is 2.97. The summed E-state index contributed by atoms with van der Waals surface area (Å²) in [7, 11) is 1.53. The van der Waals surface area contributed by atoms with Crippen molar-refractivity contribution in [2.75, 3.05) is 19.0 Å². The van der Waals surface area contributed by atoms with Crippen molar-refractivity contribution in [3.8, 4) is 11.5 Å². The second-order valence-electron chi connectivity index (χ2n) is 9.67. The van der Waals surface area contributed by atoms with Crippen LogP contribution in [0, 0.1) is 0 Å². The monoisotopic (exact) mass is 429 g/mol. The first-order valence-corrected chi connectivity index (χ1v) is 10.6. The number of aromatic nitrogens is 2. The smallest absolute Gasteiger partial charge is 0.225 e. The molecule has 0 saturated heterocycles. The fraction of sp³-hybridized carbons (Fsp3) is 0.542. The van der Waals surface area contributed by atoms with Gasteiger partial charge >= 0.3 is 0 Å². The lowest BCUT2D eigenvalue weighted by molar-refractivity contribution is -0.116. The molecule has 0 radical (unpaired) electrons. The molecule has 7 nitrogen and oxygen atoms in total. The quantitative estimate of drug-likeness (QED) is 0.474. The first-order chi connectivity index (χ1) is 14.3. The maximum atomic E-state index is 12.5. The number of rotatable bonds is 8. The van der Waals surface area contributed by atoms with Crippen molar-refractivity contribution in [2.45, 2.75) is 72.3 Å². The van der Waals surface area contributed by atoms with E-state index in [0.29, 0.717) is 42.3 Å². The Labute approximate surface area is 185 Å². The van der Waals surface area contributed by atoms with Gasteiger partial charge in [-0.15, -0.1) is 0 Å². The van der Waals surface area contributed by atoms with Gasteiger partial charge in [-0.25, -0.2) is 4.68 Å². The van der Waals surface area contributed by atoms with Crippen molar-refractivity contribution in [1.29, 1.82) is 0 Å². The van der Waals surface area contributed by atoms with Crippen LogP contribution in [0.1, 0.15) is 77.4 Å². The van der Waals surface area contributed by atoms with E-state index in [-0.39, 0.29) is 22.6 Å². The van der Waals surface area contributed by atoms with E-state index in [9.17, 15) is 9.59 Å². The van der Waals surface area contributed by atoms with Crippen molar-refractivity contribution >= 4 is 17.5 Å². The van der Waals surface area contributed by atoms with E-state index < -0.39 is 0 Å². The summed E-state index contributed by atoms with van der Waals surface area (Å²) in [4.78, 5) is 24.0. The van der Waals surface area contributed by atoms with Crippen molar-refractivity contribution < 1.29 is 19.1 Å². The van der Waals surface area contributed by atoms with Gasteiger partial charge in [-0.1, -0.05) is 20.8 Å². The number of carbonyl (C=O) groups is 2. The average Bonchev–Trinajstić information content (AvgIpc) is 3.09. The van der Waals surface area contributed by atoms with Crippen LogP contribution in [-0.2, 0) is 15.7 Å². The molecule has 0 spiro atoms. The van der Waals surface area contributed by atoms with E-state index in [0.717, 1.165) is 5.69 Å². The summed E-state index contributed by atoms with van der Waals surface area (Å²) in [6, 6.07) is 7.02. The minimum atomic E-state index is -0.252. The zero-order valence-electron chi connectivity index (χ0n) is 20.0. The molecule has 0 aliphatic carbocycles. The number of methoxy groups -OCH3 is 1. The molecule has 1 amide bonds. The van der Waals surface area contributed by atoms with Crippen LogP contribution in [0.3, 0.4) is 0 Å². The third-order valence-electron chi connectivity index (χ3n) is 4.76. The van der Waals surface area contributed by atoms with Crippen molar-refractivity contribution in [3.05, 3.63) is 35.5 Å². The molecule has 0 atom stereocenters. The van der Waals surface area contributed by atoms with Crippen LogP contribution in [0.5, 0.6) is 11.5 Å². The van der Waals surface area contributed by atoms with Crippen LogP contribution in [-0.4, -0.2) is 35.2 Å². The molecular weight excluding hydrogens is 394 g/mol. The number of Topliss-reactive ketones (excluding diaryl/α,β-unsaturated/α-hetero) is 1. The van der Waals surface area contributed by atoms with Gasteiger partial charge in [-0.2, -0.15) is 5.10 Å². The molecule has 0 aliphatic rings. The molecular formula is C24H35N3O4. The number of ether oxygens (including phenoxy) is 2.